The van der Waals surface area contributed by atoms with Crippen LogP contribution in [-0.4, -0.2) is 55.0 Å². The Kier molecular flexibility index (Phi) is 7.89. The first-order valence-electron chi connectivity index (χ1n) is 8.72. The van der Waals surface area contributed by atoms with E-state index < -0.39 is 61.4 Å². The zero-order chi connectivity index (χ0) is 25.7. The van der Waals surface area contributed by atoms with Crippen molar-refractivity contribution in [2.24, 2.45) is 0 Å². The van der Waals surface area contributed by atoms with Crippen molar-refractivity contribution in [1.82, 2.24) is 15.3 Å². The van der Waals surface area contributed by atoms with Crippen molar-refractivity contribution in [3.8, 4) is 17.5 Å². The van der Waals surface area contributed by atoms with Crippen molar-refractivity contribution in [2.45, 2.75) is 18.7 Å². The Morgan fingerprint density at radius 2 is 1.35 bits per heavy atom. The highest BCUT2D eigenvalue weighted by atomic mass is 19.4. The molecule has 0 saturated carbocycles. The molecule has 188 valence electrons. The quantitative estimate of drug-likeness (QED) is 0.545. The minimum Gasteiger partial charge on any atom is -0.468 e. The van der Waals surface area contributed by atoms with Crippen LogP contribution in [0.15, 0.2) is 30.3 Å². The number of halogens is 9. The molecule has 0 saturated heterocycles. The number of nitrogens with one attached hydrogen (secondary N) is 1. The molecule has 1 aromatic heterocycles. The molecule has 1 N–H and O–H groups in total. The van der Waals surface area contributed by atoms with Gasteiger partial charge in [-0.15, -0.1) is 13.2 Å². The minimum atomic E-state index is -5.01. The predicted molar refractivity (Wildman–Crippen MR) is 94.9 cm³/mol. The summed E-state index contributed by atoms with van der Waals surface area (Å²) in [7, 11) is 1.11. The van der Waals surface area contributed by atoms with E-state index >= 15 is 0 Å². The van der Waals surface area contributed by atoms with E-state index in [4.69, 9.17) is 0 Å². The average Bonchev–Trinajstić information content (AvgIpc) is 2.70. The Bertz CT molecular complexity index is 943. The maximum Gasteiger partial charge on any atom is 0.573 e. The summed E-state index contributed by atoms with van der Waals surface area (Å²) in [6.45, 7) is -3.77. The fourth-order valence-electron chi connectivity index (χ4n) is 2.18. The number of benzene rings is 1. The standard InChI is InChI=1S/C17H13F9N4O4/c1-27-14(31)30(9-2-4-10(5-3-9)34-17(24,25)26)13-28-11(32-7-15(18,19)20)6-12(29-13)33-8-16(21,22)23/h2-6H,7-8H2,1H3,(H,27,31). The second-order valence-corrected chi connectivity index (χ2v) is 6.08. The van der Waals surface area contributed by atoms with Gasteiger partial charge in [-0.05, 0) is 24.3 Å². The number of rotatable bonds is 7. The molecule has 0 radical (unpaired) electrons. The lowest BCUT2D eigenvalue weighted by Crippen LogP contribution is -2.35. The zero-order valence-corrected chi connectivity index (χ0v) is 16.7. The van der Waals surface area contributed by atoms with E-state index in [9.17, 15) is 44.3 Å². The van der Waals surface area contributed by atoms with E-state index in [0.717, 1.165) is 31.3 Å². The monoisotopic (exact) mass is 508 g/mol. The van der Waals surface area contributed by atoms with E-state index in [1.165, 1.54) is 0 Å². The van der Waals surface area contributed by atoms with Gasteiger partial charge in [0.15, 0.2) is 13.2 Å². The average molecular weight is 508 g/mol. The molecule has 0 aliphatic heterocycles. The molecule has 0 aliphatic carbocycles. The van der Waals surface area contributed by atoms with Crippen LogP contribution in [0.25, 0.3) is 0 Å². The van der Waals surface area contributed by atoms with Crippen molar-refractivity contribution in [2.75, 3.05) is 25.2 Å². The molecule has 8 nitrogen and oxygen atoms in total. The van der Waals surface area contributed by atoms with E-state index in [0.29, 0.717) is 11.0 Å². The van der Waals surface area contributed by atoms with E-state index in [-0.39, 0.29) is 5.69 Å². The van der Waals surface area contributed by atoms with Crippen LogP contribution >= 0.6 is 0 Å². The zero-order valence-electron chi connectivity index (χ0n) is 16.7. The Balaban J connectivity index is 2.48. The van der Waals surface area contributed by atoms with Gasteiger partial charge in [0.25, 0.3) is 0 Å². The molecule has 0 atom stereocenters. The van der Waals surface area contributed by atoms with E-state index in [1.54, 1.807) is 0 Å². The van der Waals surface area contributed by atoms with Crippen molar-refractivity contribution < 1.29 is 58.5 Å². The summed E-state index contributed by atoms with van der Waals surface area (Å²) >= 11 is 0. The summed E-state index contributed by atoms with van der Waals surface area (Å²) in [5.41, 5.74) is -0.233. The molecule has 0 bridgehead atoms. The Morgan fingerprint density at radius 3 is 1.74 bits per heavy atom. The number of carbonyl (C=O) groups is 1. The van der Waals surface area contributed by atoms with Gasteiger partial charge in [-0.25, -0.2) is 9.69 Å². The highest BCUT2D eigenvalue weighted by Crippen LogP contribution is 2.31. The molecule has 0 fully saturated rings. The lowest BCUT2D eigenvalue weighted by atomic mass is 10.3. The van der Waals surface area contributed by atoms with Gasteiger partial charge in [-0.2, -0.15) is 36.3 Å². The van der Waals surface area contributed by atoms with Gasteiger partial charge >= 0.3 is 24.7 Å². The Hall–Kier alpha value is -3.66. The van der Waals surface area contributed by atoms with Crippen LogP contribution < -0.4 is 24.4 Å². The molecule has 2 rings (SSSR count). The number of amides is 2. The Labute approximate surface area is 184 Å². The summed E-state index contributed by atoms with van der Waals surface area (Å²) in [4.78, 5) is 20.0. The highest BCUT2D eigenvalue weighted by Gasteiger charge is 2.32. The number of nitrogens with zero attached hydrogens (tertiary/aromatic N) is 3. The number of ether oxygens (including phenoxy) is 3. The number of hydrogen-bond acceptors (Lipinski definition) is 6. The van der Waals surface area contributed by atoms with Crippen LogP contribution in [0.1, 0.15) is 0 Å². The third-order valence-electron chi connectivity index (χ3n) is 3.38. The summed E-state index contributed by atoms with van der Waals surface area (Å²) in [5.74, 6) is -3.28. The number of anilines is 2. The van der Waals surface area contributed by atoms with Gasteiger partial charge < -0.3 is 19.5 Å². The van der Waals surface area contributed by atoms with Gasteiger partial charge in [0.1, 0.15) is 5.75 Å². The van der Waals surface area contributed by atoms with Crippen LogP contribution in [-0.2, 0) is 0 Å². The molecular formula is C17H13F9N4O4. The maximum absolute atomic E-state index is 12.5. The molecule has 34 heavy (non-hydrogen) atoms. The van der Waals surface area contributed by atoms with E-state index in [1.807, 2.05) is 0 Å². The molecular weight excluding hydrogens is 495 g/mol. The second-order valence-electron chi connectivity index (χ2n) is 6.08. The first kappa shape index (κ1) is 26.6. The number of alkyl halides is 9. The van der Waals surface area contributed by atoms with Gasteiger partial charge in [0.05, 0.1) is 11.8 Å². The molecule has 1 aromatic carbocycles. The number of aromatic nitrogens is 2. The largest absolute Gasteiger partial charge is 0.573 e. The third-order valence-corrected chi connectivity index (χ3v) is 3.38. The van der Waals surface area contributed by atoms with Gasteiger partial charge in [-0.3, -0.25) is 0 Å². The van der Waals surface area contributed by atoms with Crippen molar-refractivity contribution in [3.05, 3.63) is 30.3 Å². The van der Waals surface area contributed by atoms with Crippen LogP contribution in [0.4, 0.5) is 55.9 Å². The smallest absolute Gasteiger partial charge is 0.468 e. The SMILES string of the molecule is CNC(=O)N(c1ccc(OC(F)(F)F)cc1)c1nc(OCC(F)(F)F)cc(OCC(F)(F)F)n1. The normalized spacial score (nSPS) is 12.2. The van der Waals surface area contributed by atoms with Crippen molar-refractivity contribution in [1.29, 1.82) is 0 Å². The fourth-order valence-corrected chi connectivity index (χ4v) is 2.18. The molecule has 0 unspecified atom stereocenters. The lowest BCUT2D eigenvalue weighted by Gasteiger charge is -2.22. The molecule has 2 amide bonds. The topological polar surface area (TPSA) is 85.8 Å². The first-order chi connectivity index (χ1) is 15.6. The summed E-state index contributed by atoms with van der Waals surface area (Å²) in [5, 5.41) is 2.12. The van der Waals surface area contributed by atoms with Crippen LogP contribution in [0.3, 0.4) is 0 Å². The fraction of sp³-hybridized carbons (Fsp3) is 0.353. The summed E-state index contributed by atoms with van der Waals surface area (Å²) in [6.07, 6.45) is -14.7. The minimum absolute atomic E-state index is 0.233. The summed E-state index contributed by atoms with van der Waals surface area (Å²) < 4.78 is 125. The molecule has 1 heterocycles. The van der Waals surface area contributed by atoms with Gasteiger partial charge in [0.2, 0.25) is 17.7 Å². The van der Waals surface area contributed by atoms with Crippen LogP contribution in [0.2, 0.25) is 0 Å². The lowest BCUT2D eigenvalue weighted by molar-refractivity contribution is -0.274. The number of urea groups is 1. The predicted octanol–water partition coefficient (Wildman–Crippen LogP) is 4.73. The third kappa shape index (κ3) is 8.70. The van der Waals surface area contributed by atoms with Crippen LogP contribution in [0, 0.1) is 0 Å². The molecule has 2 aromatic rings. The molecule has 17 heteroatoms. The highest BCUT2D eigenvalue weighted by molar-refractivity contribution is 5.97. The maximum atomic E-state index is 12.5. The molecule has 0 aliphatic rings. The van der Waals surface area contributed by atoms with Gasteiger partial charge in [0, 0.05) is 7.05 Å². The number of hydrogen-bond donors (Lipinski definition) is 1. The molecule has 0 spiro atoms. The van der Waals surface area contributed by atoms with Crippen molar-refractivity contribution in [3.63, 3.8) is 0 Å². The summed E-state index contributed by atoms with van der Waals surface area (Å²) in [6, 6.07) is 2.93. The Morgan fingerprint density at radius 1 is 0.882 bits per heavy atom. The second kappa shape index (κ2) is 10.1. The van der Waals surface area contributed by atoms with Crippen LogP contribution in [0.5, 0.6) is 17.5 Å². The number of carbonyl (C=O) groups excluding carboxylic acids is 1. The van der Waals surface area contributed by atoms with Gasteiger partial charge in [-0.1, -0.05) is 0 Å². The van der Waals surface area contributed by atoms with Crippen molar-refractivity contribution >= 4 is 17.7 Å². The first-order valence-corrected chi connectivity index (χ1v) is 8.72. The van der Waals surface area contributed by atoms with E-state index in [2.05, 4.69) is 29.5 Å².